The van der Waals surface area contributed by atoms with E-state index in [0.717, 1.165) is 38.5 Å². The molecule has 110 valence electrons. The SMILES string of the molecule is COc1cccc(CN2CCN(CCC(=O)O)CC2)c1. The van der Waals surface area contributed by atoms with Crippen molar-refractivity contribution < 1.29 is 14.6 Å². The molecular formula is C15H22N2O3. The van der Waals surface area contributed by atoms with Crippen molar-refractivity contribution in [1.82, 2.24) is 9.80 Å². The highest BCUT2D eigenvalue weighted by Crippen LogP contribution is 2.15. The molecule has 0 saturated carbocycles. The summed E-state index contributed by atoms with van der Waals surface area (Å²) >= 11 is 0. The number of carboxylic acids is 1. The van der Waals surface area contributed by atoms with Gasteiger partial charge in [-0.15, -0.1) is 0 Å². The largest absolute Gasteiger partial charge is 0.497 e. The minimum atomic E-state index is -0.719. The Balaban J connectivity index is 1.77. The van der Waals surface area contributed by atoms with Crippen molar-refractivity contribution in [3.63, 3.8) is 0 Å². The van der Waals surface area contributed by atoms with Crippen LogP contribution < -0.4 is 4.74 Å². The van der Waals surface area contributed by atoms with Crippen LogP contribution in [0.25, 0.3) is 0 Å². The van der Waals surface area contributed by atoms with Crippen molar-refractivity contribution in [3.8, 4) is 5.75 Å². The molecule has 2 rings (SSSR count). The Morgan fingerprint density at radius 1 is 1.25 bits per heavy atom. The standard InChI is InChI=1S/C15H22N2O3/c1-20-14-4-2-3-13(11-14)12-17-9-7-16(8-10-17)6-5-15(18)19/h2-4,11H,5-10,12H2,1H3,(H,18,19). The molecule has 1 aliphatic heterocycles. The molecule has 1 saturated heterocycles. The van der Waals surface area contributed by atoms with Crippen LogP contribution in [0.3, 0.4) is 0 Å². The first-order chi connectivity index (χ1) is 9.67. The third kappa shape index (κ3) is 4.51. The Labute approximate surface area is 119 Å². The number of carbonyl (C=O) groups is 1. The molecule has 0 aliphatic carbocycles. The van der Waals surface area contributed by atoms with Crippen LogP contribution in [0.15, 0.2) is 24.3 Å². The van der Waals surface area contributed by atoms with Crippen LogP contribution in [0.4, 0.5) is 0 Å². The average molecular weight is 278 g/mol. The van der Waals surface area contributed by atoms with E-state index in [2.05, 4.69) is 21.9 Å². The topological polar surface area (TPSA) is 53.0 Å². The van der Waals surface area contributed by atoms with Crippen LogP contribution in [0.2, 0.25) is 0 Å². The fourth-order valence-corrected chi connectivity index (χ4v) is 2.45. The van der Waals surface area contributed by atoms with E-state index in [1.54, 1.807) is 7.11 Å². The molecule has 1 aromatic rings. The first-order valence-electron chi connectivity index (χ1n) is 6.97. The maximum Gasteiger partial charge on any atom is 0.304 e. The molecule has 0 amide bonds. The van der Waals surface area contributed by atoms with E-state index >= 15 is 0 Å². The first kappa shape index (κ1) is 14.8. The van der Waals surface area contributed by atoms with Gasteiger partial charge in [-0.25, -0.2) is 0 Å². The van der Waals surface area contributed by atoms with Crippen molar-refractivity contribution in [3.05, 3.63) is 29.8 Å². The third-order valence-corrected chi connectivity index (χ3v) is 3.65. The number of hydrogen-bond donors (Lipinski definition) is 1. The molecule has 0 aromatic heterocycles. The zero-order valence-electron chi connectivity index (χ0n) is 11.9. The molecule has 5 nitrogen and oxygen atoms in total. The zero-order valence-corrected chi connectivity index (χ0v) is 11.9. The van der Waals surface area contributed by atoms with Gasteiger partial charge in [-0.05, 0) is 17.7 Å². The fraction of sp³-hybridized carbons (Fsp3) is 0.533. The molecule has 0 spiro atoms. The van der Waals surface area contributed by atoms with E-state index in [9.17, 15) is 4.79 Å². The highest BCUT2D eigenvalue weighted by molar-refractivity contribution is 5.66. The molecule has 5 heteroatoms. The first-order valence-corrected chi connectivity index (χ1v) is 6.97. The maximum absolute atomic E-state index is 10.6. The van der Waals surface area contributed by atoms with Gasteiger partial charge in [-0.2, -0.15) is 0 Å². The van der Waals surface area contributed by atoms with E-state index in [0.29, 0.717) is 6.54 Å². The summed E-state index contributed by atoms with van der Waals surface area (Å²) < 4.78 is 5.23. The van der Waals surface area contributed by atoms with Crippen molar-refractivity contribution >= 4 is 5.97 Å². The van der Waals surface area contributed by atoms with E-state index in [1.807, 2.05) is 12.1 Å². The highest BCUT2D eigenvalue weighted by atomic mass is 16.5. The lowest BCUT2D eigenvalue weighted by Gasteiger charge is -2.34. The summed E-state index contributed by atoms with van der Waals surface area (Å²) in [7, 11) is 1.68. The van der Waals surface area contributed by atoms with E-state index in [1.165, 1.54) is 5.56 Å². The van der Waals surface area contributed by atoms with Crippen LogP contribution in [0.5, 0.6) is 5.75 Å². The number of benzene rings is 1. The lowest BCUT2D eigenvalue weighted by molar-refractivity contribution is -0.137. The number of nitrogens with zero attached hydrogens (tertiary/aromatic N) is 2. The van der Waals surface area contributed by atoms with Gasteiger partial charge in [0, 0.05) is 39.3 Å². The van der Waals surface area contributed by atoms with Gasteiger partial charge in [-0.3, -0.25) is 9.69 Å². The minimum absolute atomic E-state index is 0.232. The normalized spacial score (nSPS) is 17.1. The van der Waals surface area contributed by atoms with E-state index < -0.39 is 5.97 Å². The Hall–Kier alpha value is -1.59. The molecule has 0 atom stereocenters. The fourth-order valence-electron chi connectivity index (χ4n) is 2.45. The summed E-state index contributed by atoms with van der Waals surface area (Å²) in [5, 5.41) is 8.69. The van der Waals surface area contributed by atoms with Gasteiger partial charge in [0.1, 0.15) is 5.75 Å². The number of rotatable bonds is 6. The molecule has 1 heterocycles. The van der Waals surface area contributed by atoms with Gasteiger partial charge < -0.3 is 14.7 Å². The Morgan fingerprint density at radius 3 is 2.60 bits per heavy atom. The smallest absolute Gasteiger partial charge is 0.304 e. The molecule has 1 N–H and O–H groups in total. The predicted molar refractivity (Wildman–Crippen MR) is 77.0 cm³/mol. The summed E-state index contributed by atoms with van der Waals surface area (Å²) in [4.78, 5) is 15.2. The number of methoxy groups -OCH3 is 1. The van der Waals surface area contributed by atoms with Crippen molar-refractivity contribution in [2.24, 2.45) is 0 Å². The summed E-state index contributed by atoms with van der Waals surface area (Å²) in [5.74, 6) is 0.173. The van der Waals surface area contributed by atoms with Gasteiger partial charge in [0.15, 0.2) is 0 Å². The second-order valence-electron chi connectivity index (χ2n) is 5.11. The summed E-state index contributed by atoms with van der Waals surface area (Å²) in [6.07, 6.45) is 0.232. The molecular weight excluding hydrogens is 256 g/mol. The zero-order chi connectivity index (χ0) is 14.4. The quantitative estimate of drug-likeness (QED) is 0.849. The van der Waals surface area contributed by atoms with Crippen molar-refractivity contribution in [2.75, 3.05) is 39.8 Å². The molecule has 1 aliphatic rings. The van der Waals surface area contributed by atoms with E-state index in [-0.39, 0.29) is 6.42 Å². The second kappa shape index (κ2) is 7.26. The summed E-state index contributed by atoms with van der Waals surface area (Å²) in [6.45, 7) is 5.43. The lowest BCUT2D eigenvalue weighted by atomic mass is 10.2. The Morgan fingerprint density at radius 2 is 1.95 bits per heavy atom. The molecule has 1 fully saturated rings. The van der Waals surface area contributed by atoms with Crippen molar-refractivity contribution in [1.29, 1.82) is 0 Å². The Bertz CT molecular complexity index is 442. The van der Waals surface area contributed by atoms with Gasteiger partial charge >= 0.3 is 5.97 Å². The molecule has 0 radical (unpaired) electrons. The monoisotopic (exact) mass is 278 g/mol. The van der Waals surface area contributed by atoms with Gasteiger partial charge in [0.2, 0.25) is 0 Å². The number of aliphatic carboxylic acids is 1. The number of carboxylic acid groups (broad SMARTS) is 1. The summed E-state index contributed by atoms with van der Waals surface area (Å²) in [5.41, 5.74) is 1.25. The Kier molecular flexibility index (Phi) is 5.38. The number of piperazine rings is 1. The minimum Gasteiger partial charge on any atom is -0.497 e. The van der Waals surface area contributed by atoms with Crippen LogP contribution in [0, 0.1) is 0 Å². The predicted octanol–water partition coefficient (Wildman–Crippen LogP) is 1.29. The van der Waals surface area contributed by atoms with Crippen LogP contribution in [-0.2, 0) is 11.3 Å². The van der Waals surface area contributed by atoms with Crippen molar-refractivity contribution in [2.45, 2.75) is 13.0 Å². The number of hydrogen-bond acceptors (Lipinski definition) is 4. The molecule has 1 aromatic carbocycles. The van der Waals surface area contributed by atoms with Crippen LogP contribution in [0.1, 0.15) is 12.0 Å². The number of ether oxygens (including phenoxy) is 1. The van der Waals surface area contributed by atoms with Crippen LogP contribution >= 0.6 is 0 Å². The maximum atomic E-state index is 10.6. The van der Waals surface area contributed by atoms with E-state index in [4.69, 9.17) is 9.84 Å². The average Bonchev–Trinajstić information content (AvgIpc) is 2.47. The van der Waals surface area contributed by atoms with Gasteiger partial charge in [0.05, 0.1) is 13.5 Å². The molecule has 0 unspecified atom stereocenters. The molecule has 20 heavy (non-hydrogen) atoms. The van der Waals surface area contributed by atoms with Gasteiger partial charge in [-0.1, -0.05) is 12.1 Å². The lowest BCUT2D eigenvalue weighted by Crippen LogP contribution is -2.46. The molecule has 0 bridgehead atoms. The van der Waals surface area contributed by atoms with Crippen LogP contribution in [-0.4, -0.2) is 60.7 Å². The highest BCUT2D eigenvalue weighted by Gasteiger charge is 2.17. The third-order valence-electron chi connectivity index (χ3n) is 3.65. The van der Waals surface area contributed by atoms with Gasteiger partial charge in [0.25, 0.3) is 0 Å². The summed E-state index contributed by atoms with van der Waals surface area (Å²) in [6, 6.07) is 8.14. The second-order valence-corrected chi connectivity index (χ2v) is 5.11.